The van der Waals surface area contributed by atoms with Crippen molar-refractivity contribution in [2.75, 3.05) is 5.32 Å². The van der Waals surface area contributed by atoms with Crippen LogP contribution < -0.4 is 5.32 Å². The molecule has 1 amide bonds. The fourth-order valence-electron chi connectivity index (χ4n) is 1.02. The van der Waals surface area contributed by atoms with Crippen LogP contribution in [0.5, 0.6) is 0 Å². The van der Waals surface area contributed by atoms with Gasteiger partial charge in [-0.2, -0.15) is 0 Å². The highest BCUT2D eigenvalue weighted by Gasteiger charge is 2.06. The molecule has 1 aromatic rings. The van der Waals surface area contributed by atoms with Crippen LogP contribution in [0.2, 0.25) is 10.0 Å². The second-order valence-electron chi connectivity index (χ2n) is 2.98. The number of carbonyl (C=O) groups is 1. The molecule has 0 saturated carbocycles. The number of benzene rings is 1. The second-order valence-corrected chi connectivity index (χ2v) is 3.80. The van der Waals surface area contributed by atoms with Crippen LogP contribution in [0.3, 0.4) is 0 Å². The molecule has 76 valence electrons. The van der Waals surface area contributed by atoms with Crippen LogP contribution in [-0.2, 0) is 4.79 Å². The Kier molecular flexibility index (Phi) is 3.78. The molecule has 1 rings (SSSR count). The van der Waals surface area contributed by atoms with Crippen LogP contribution in [0.25, 0.3) is 0 Å². The molecule has 0 aliphatic rings. The van der Waals surface area contributed by atoms with E-state index in [1.54, 1.807) is 19.1 Å². The lowest BCUT2D eigenvalue weighted by Gasteiger charge is -2.08. The molecular weight excluding hydrogens is 221 g/mol. The lowest BCUT2D eigenvalue weighted by Crippen LogP contribution is -2.10. The van der Waals surface area contributed by atoms with Crippen molar-refractivity contribution in [3.8, 4) is 0 Å². The number of carbonyl (C=O) groups excluding carboxylic acids is 1. The molecule has 0 atom stereocenters. The van der Waals surface area contributed by atoms with Crippen LogP contribution in [0, 0.1) is 6.92 Å². The largest absolute Gasteiger partial charge is 0.326 e. The summed E-state index contributed by atoms with van der Waals surface area (Å²) in [5.74, 6) is -0.0357. The minimum Gasteiger partial charge on any atom is -0.326 e. The third-order valence-electron chi connectivity index (χ3n) is 1.86. The number of hydrogen-bond acceptors (Lipinski definition) is 1. The maximum atomic E-state index is 11.1. The van der Waals surface area contributed by atoms with Crippen molar-refractivity contribution in [3.63, 3.8) is 0 Å². The summed E-state index contributed by atoms with van der Waals surface area (Å²) < 4.78 is 0. The number of hydrogen-bond donors (Lipinski definition) is 1. The summed E-state index contributed by atoms with van der Waals surface area (Å²) in [5, 5.41) is 3.69. The van der Waals surface area contributed by atoms with Gasteiger partial charge in [0.25, 0.3) is 0 Å². The van der Waals surface area contributed by atoms with Crippen molar-refractivity contribution < 1.29 is 4.79 Å². The zero-order valence-corrected chi connectivity index (χ0v) is 9.54. The Hall–Kier alpha value is -0.730. The lowest BCUT2D eigenvalue weighted by molar-refractivity contribution is -0.115. The van der Waals surface area contributed by atoms with Crippen LogP contribution in [-0.4, -0.2) is 5.91 Å². The first-order valence-corrected chi connectivity index (χ1v) is 5.05. The Balaban J connectivity index is 2.98. The SMILES string of the molecule is CCC(=O)Nc1cc(Cl)c(Cl)cc1C. The topological polar surface area (TPSA) is 29.1 Å². The van der Waals surface area contributed by atoms with E-state index in [1.807, 2.05) is 6.92 Å². The van der Waals surface area contributed by atoms with E-state index in [-0.39, 0.29) is 5.91 Å². The molecule has 0 bridgehead atoms. The standard InChI is InChI=1S/C10H11Cl2NO/c1-3-10(14)13-9-5-8(12)7(11)4-6(9)2/h4-5H,3H2,1-2H3,(H,13,14). The molecule has 0 saturated heterocycles. The van der Waals surface area contributed by atoms with Crippen LogP contribution in [0.4, 0.5) is 5.69 Å². The Bertz CT molecular complexity index is 363. The maximum Gasteiger partial charge on any atom is 0.224 e. The van der Waals surface area contributed by atoms with Crippen molar-refractivity contribution >= 4 is 34.8 Å². The Morgan fingerprint density at radius 3 is 2.50 bits per heavy atom. The molecule has 1 aromatic carbocycles. The molecule has 4 heteroatoms. The van der Waals surface area contributed by atoms with Gasteiger partial charge in [-0.3, -0.25) is 4.79 Å². The highest BCUT2D eigenvalue weighted by molar-refractivity contribution is 6.42. The van der Waals surface area contributed by atoms with Gasteiger partial charge in [0.15, 0.2) is 0 Å². The van der Waals surface area contributed by atoms with Crippen molar-refractivity contribution in [2.45, 2.75) is 20.3 Å². The molecular formula is C10H11Cl2NO. The normalized spacial score (nSPS) is 10.0. The smallest absolute Gasteiger partial charge is 0.224 e. The molecule has 0 aromatic heterocycles. The van der Waals surface area contributed by atoms with Gasteiger partial charge < -0.3 is 5.32 Å². The van der Waals surface area contributed by atoms with E-state index in [9.17, 15) is 4.79 Å². The second kappa shape index (κ2) is 4.67. The number of halogens is 2. The van der Waals surface area contributed by atoms with Gasteiger partial charge >= 0.3 is 0 Å². The fourth-order valence-corrected chi connectivity index (χ4v) is 1.40. The summed E-state index contributed by atoms with van der Waals surface area (Å²) in [4.78, 5) is 11.1. The zero-order valence-electron chi connectivity index (χ0n) is 8.03. The number of anilines is 1. The molecule has 0 fully saturated rings. The van der Waals surface area contributed by atoms with Crippen molar-refractivity contribution in [1.82, 2.24) is 0 Å². The first kappa shape index (κ1) is 11.3. The minimum atomic E-state index is -0.0357. The summed E-state index contributed by atoms with van der Waals surface area (Å²) in [6, 6.07) is 3.39. The van der Waals surface area contributed by atoms with Gasteiger partial charge in [-0.1, -0.05) is 30.1 Å². The molecule has 14 heavy (non-hydrogen) atoms. The average molecular weight is 232 g/mol. The third-order valence-corrected chi connectivity index (χ3v) is 2.58. The maximum absolute atomic E-state index is 11.1. The summed E-state index contributed by atoms with van der Waals surface area (Å²) in [7, 11) is 0. The van der Waals surface area contributed by atoms with Gasteiger partial charge in [-0.25, -0.2) is 0 Å². The summed E-state index contributed by atoms with van der Waals surface area (Å²) in [5.41, 5.74) is 1.62. The fraction of sp³-hybridized carbons (Fsp3) is 0.300. The monoisotopic (exact) mass is 231 g/mol. The molecule has 0 heterocycles. The number of rotatable bonds is 2. The predicted molar refractivity (Wildman–Crippen MR) is 60.1 cm³/mol. The molecule has 0 radical (unpaired) electrons. The van der Waals surface area contributed by atoms with E-state index >= 15 is 0 Å². The van der Waals surface area contributed by atoms with Crippen LogP contribution in [0.1, 0.15) is 18.9 Å². The van der Waals surface area contributed by atoms with Gasteiger partial charge in [0.2, 0.25) is 5.91 Å². The first-order chi connectivity index (χ1) is 6.54. The molecule has 1 N–H and O–H groups in total. The van der Waals surface area contributed by atoms with Crippen molar-refractivity contribution in [1.29, 1.82) is 0 Å². The van der Waals surface area contributed by atoms with Crippen LogP contribution in [0.15, 0.2) is 12.1 Å². The minimum absolute atomic E-state index is 0.0357. The predicted octanol–water partition coefficient (Wildman–Crippen LogP) is 3.65. The van der Waals surface area contributed by atoms with Gasteiger partial charge in [0.1, 0.15) is 0 Å². The van der Waals surface area contributed by atoms with Gasteiger partial charge in [-0.05, 0) is 24.6 Å². The molecule has 2 nitrogen and oxygen atoms in total. The van der Waals surface area contributed by atoms with E-state index in [2.05, 4.69) is 5.32 Å². The summed E-state index contributed by atoms with van der Waals surface area (Å²) in [6.07, 6.45) is 0.444. The zero-order chi connectivity index (χ0) is 10.7. The Morgan fingerprint density at radius 1 is 1.36 bits per heavy atom. The summed E-state index contributed by atoms with van der Waals surface area (Å²) in [6.45, 7) is 3.66. The Labute approximate surface area is 93.2 Å². The molecule has 0 spiro atoms. The Morgan fingerprint density at radius 2 is 1.93 bits per heavy atom. The highest BCUT2D eigenvalue weighted by Crippen LogP contribution is 2.28. The average Bonchev–Trinajstić information content (AvgIpc) is 2.14. The quantitative estimate of drug-likeness (QED) is 0.828. The number of nitrogens with one attached hydrogen (secondary N) is 1. The van der Waals surface area contributed by atoms with E-state index in [0.717, 1.165) is 5.56 Å². The van der Waals surface area contributed by atoms with E-state index in [0.29, 0.717) is 22.2 Å². The van der Waals surface area contributed by atoms with Gasteiger partial charge in [0.05, 0.1) is 10.0 Å². The van der Waals surface area contributed by atoms with Gasteiger partial charge in [-0.15, -0.1) is 0 Å². The van der Waals surface area contributed by atoms with Crippen molar-refractivity contribution in [3.05, 3.63) is 27.7 Å². The molecule has 0 aliphatic carbocycles. The van der Waals surface area contributed by atoms with Gasteiger partial charge in [0, 0.05) is 12.1 Å². The van der Waals surface area contributed by atoms with Crippen LogP contribution >= 0.6 is 23.2 Å². The van der Waals surface area contributed by atoms with E-state index < -0.39 is 0 Å². The third kappa shape index (κ3) is 2.63. The summed E-state index contributed by atoms with van der Waals surface area (Å²) >= 11 is 11.6. The number of amides is 1. The number of aryl methyl sites for hydroxylation is 1. The highest BCUT2D eigenvalue weighted by atomic mass is 35.5. The van der Waals surface area contributed by atoms with E-state index in [4.69, 9.17) is 23.2 Å². The first-order valence-electron chi connectivity index (χ1n) is 4.30. The lowest BCUT2D eigenvalue weighted by atomic mass is 10.2. The van der Waals surface area contributed by atoms with E-state index in [1.165, 1.54) is 0 Å². The molecule has 0 unspecified atom stereocenters. The van der Waals surface area contributed by atoms with Crippen molar-refractivity contribution in [2.24, 2.45) is 0 Å². The molecule has 0 aliphatic heterocycles.